The highest BCUT2D eigenvalue weighted by Gasteiger charge is 2.29. The summed E-state index contributed by atoms with van der Waals surface area (Å²) in [6.07, 6.45) is 2.82. The highest BCUT2D eigenvalue weighted by atomic mass is 32.2. The molecule has 5 heteroatoms. The summed E-state index contributed by atoms with van der Waals surface area (Å²) in [6, 6.07) is 2.56. The Hall–Kier alpha value is -0.390. The van der Waals surface area contributed by atoms with Gasteiger partial charge in [0.05, 0.1) is 11.5 Å². The lowest BCUT2D eigenvalue weighted by Crippen LogP contribution is -2.33. The first-order valence-corrected chi connectivity index (χ1v) is 9.30. The first-order valence-electron chi connectivity index (χ1n) is 6.54. The summed E-state index contributed by atoms with van der Waals surface area (Å²) >= 11 is 1.72. The van der Waals surface area contributed by atoms with Crippen molar-refractivity contribution in [1.82, 2.24) is 5.32 Å². The van der Waals surface area contributed by atoms with E-state index in [4.69, 9.17) is 0 Å². The van der Waals surface area contributed by atoms with Crippen molar-refractivity contribution in [2.24, 2.45) is 5.92 Å². The van der Waals surface area contributed by atoms with Crippen molar-refractivity contribution in [3.05, 3.63) is 22.4 Å². The molecule has 1 saturated heterocycles. The smallest absolute Gasteiger partial charge is 0.150 e. The second kappa shape index (κ2) is 6.17. The van der Waals surface area contributed by atoms with Crippen LogP contribution in [0.25, 0.3) is 0 Å². The van der Waals surface area contributed by atoms with E-state index < -0.39 is 9.84 Å². The van der Waals surface area contributed by atoms with Crippen molar-refractivity contribution in [3.63, 3.8) is 0 Å². The Morgan fingerprint density at radius 3 is 2.94 bits per heavy atom. The van der Waals surface area contributed by atoms with Crippen LogP contribution in [0.15, 0.2) is 16.8 Å². The molecule has 1 aliphatic heterocycles. The van der Waals surface area contributed by atoms with Gasteiger partial charge in [0.15, 0.2) is 9.84 Å². The van der Waals surface area contributed by atoms with Crippen molar-refractivity contribution < 1.29 is 8.42 Å². The molecular formula is C13H21NO2S2. The number of sulfone groups is 1. The van der Waals surface area contributed by atoms with Crippen molar-refractivity contribution in [3.8, 4) is 0 Å². The third-order valence-corrected chi connectivity index (χ3v) is 6.07. The van der Waals surface area contributed by atoms with E-state index in [1.165, 1.54) is 5.56 Å². The standard InChI is InChI=1S/C13H21NO2S2/c1-2-14-13(7-11-3-5-17-9-11)8-12-4-6-18(15,16)10-12/h3,5,9,12-14H,2,4,6-8,10H2,1H3. The Balaban J connectivity index is 1.90. The summed E-state index contributed by atoms with van der Waals surface area (Å²) in [5, 5.41) is 7.76. The first kappa shape index (κ1) is 14.0. The Morgan fingerprint density at radius 2 is 2.39 bits per heavy atom. The molecule has 0 radical (unpaired) electrons. The molecule has 0 aliphatic carbocycles. The molecule has 0 bridgehead atoms. The van der Waals surface area contributed by atoms with Crippen molar-refractivity contribution in [1.29, 1.82) is 0 Å². The van der Waals surface area contributed by atoms with Gasteiger partial charge in [-0.1, -0.05) is 6.92 Å². The number of rotatable bonds is 6. The van der Waals surface area contributed by atoms with Crippen LogP contribution in [-0.2, 0) is 16.3 Å². The van der Waals surface area contributed by atoms with Gasteiger partial charge in [0.2, 0.25) is 0 Å². The van der Waals surface area contributed by atoms with Crippen LogP contribution in [0.5, 0.6) is 0 Å². The lowest BCUT2D eigenvalue weighted by Gasteiger charge is -2.20. The maximum Gasteiger partial charge on any atom is 0.150 e. The average Bonchev–Trinajstić information content (AvgIpc) is 2.89. The minimum Gasteiger partial charge on any atom is -0.314 e. The third-order valence-electron chi connectivity index (χ3n) is 3.50. The van der Waals surface area contributed by atoms with Gasteiger partial charge in [-0.15, -0.1) is 0 Å². The van der Waals surface area contributed by atoms with Gasteiger partial charge < -0.3 is 5.32 Å². The second-order valence-electron chi connectivity index (χ2n) is 5.10. The van der Waals surface area contributed by atoms with Crippen LogP contribution >= 0.6 is 11.3 Å². The van der Waals surface area contributed by atoms with Crippen LogP contribution < -0.4 is 5.32 Å². The average molecular weight is 287 g/mol. The van der Waals surface area contributed by atoms with Crippen LogP contribution in [0.1, 0.15) is 25.3 Å². The molecule has 0 saturated carbocycles. The van der Waals surface area contributed by atoms with Gasteiger partial charge in [0.25, 0.3) is 0 Å². The maximum absolute atomic E-state index is 11.5. The molecule has 2 atom stereocenters. The molecule has 0 amide bonds. The van der Waals surface area contributed by atoms with Gasteiger partial charge in [-0.2, -0.15) is 11.3 Å². The van der Waals surface area contributed by atoms with Crippen LogP contribution in [0.4, 0.5) is 0 Å². The third kappa shape index (κ3) is 4.07. The fourth-order valence-electron chi connectivity index (χ4n) is 2.68. The SMILES string of the molecule is CCNC(Cc1ccsc1)CC1CCS(=O)(=O)C1. The summed E-state index contributed by atoms with van der Waals surface area (Å²) in [6.45, 7) is 3.04. The highest BCUT2D eigenvalue weighted by molar-refractivity contribution is 7.91. The zero-order chi connectivity index (χ0) is 13.0. The van der Waals surface area contributed by atoms with Crippen LogP contribution in [-0.4, -0.2) is 32.5 Å². The van der Waals surface area contributed by atoms with E-state index in [2.05, 4.69) is 29.1 Å². The lowest BCUT2D eigenvalue weighted by molar-refractivity contribution is 0.409. The van der Waals surface area contributed by atoms with Crippen LogP contribution in [0.3, 0.4) is 0 Å². The topological polar surface area (TPSA) is 46.2 Å². The number of thiophene rings is 1. The predicted molar refractivity (Wildman–Crippen MR) is 76.9 cm³/mol. The van der Waals surface area contributed by atoms with E-state index in [9.17, 15) is 8.42 Å². The molecule has 0 spiro atoms. The molecular weight excluding hydrogens is 266 g/mol. The highest BCUT2D eigenvalue weighted by Crippen LogP contribution is 2.24. The van der Waals surface area contributed by atoms with Gasteiger partial charge in [-0.05, 0) is 54.1 Å². The molecule has 102 valence electrons. The number of hydrogen-bond donors (Lipinski definition) is 1. The summed E-state index contributed by atoms with van der Waals surface area (Å²) in [4.78, 5) is 0. The Morgan fingerprint density at radius 1 is 1.56 bits per heavy atom. The minimum absolute atomic E-state index is 0.345. The summed E-state index contributed by atoms with van der Waals surface area (Å²) in [5.74, 6) is 1.12. The fraction of sp³-hybridized carbons (Fsp3) is 0.692. The molecule has 3 nitrogen and oxygen atoms in total. The van der Waals surface area contributed by atoms with Gasteiger partial charge in [0, 0.05) is 6.04 Å². The van der Waals surface area contributed by atoms with E-state index in [0.717, 1.165) is 25.8 Å². The summed E-state index contributed by atoms with van der Waals surface area (Å²) in [7, 11) is -2.74. The molecule has 1 fully saturated rings. The van der Waals surface area contributed by atoms with Gasteiger partial charge in [-0.3, -0.25) is 0 Å². The summed E-state index contributed by atoms with van der Waals surface area (Å²) < 4.78 is 23.0. The van der Waals surface area contributed by atoms with Crippen molar-refractivity contribution in [2.45, 2.75) is 32.2 Å². The molecule has 2 heterocycles. The lowest BCUT2D eigenvalue weighted by atomic mass is 9.95. The first-order chi connectivity index (χ1) is 8.59. The fourth-order valence-corrected chi connectivity index (χ4v) is 5.24. The maximum atomic E-state index is 11.5. The normalized spacial score (nSPS) is 24.2. The van der Waals surface area contributed by atoms with E-state index in [1.807, 2.05) is 0 Å². The Labute approximate surface area is 114 Å². The largest absolute Gasteiger partial charge is 0.314 e. The van der Waals surface area contributed by atoms with E-state index in [0.29, 0.717) is 23.5 Å². The second-order valence-corrected chi connectivity index (χ2v) is 8.10. The molecule has 1 aromatic rings. The van der Waals surface area contributed by atoms with Gasteiger partial charge in [-0.25, -0.2) is 8.42 Å². The zero-order valence-electron chi connectivity index (χ0n) is 10.8. The molecule has 18 heavy (non-hydrogen) atoms. The van der Waals surface area contributed by atoms with Crippen molar-refractivity contribution >= 4 is 21.2 Å². The van der Waals surface area contributed by atoms with E-state index in [1.54, 1.807) is 11.3 Å². The molecule has 2 rings (SSSR count). The number of nitrogens with one attached hydrogen (secondary N) is 1. The molecule has 1 aliphatic rings. The van der Waals surface area contributed by atoms with Crippen molar-refractivity contribution in [2.75, 3.05) is 18.1 Å². The minimum atomic E-state index is -2.74. The monoisotopic (exact) mass is 287 g/mol. The predicted octanol–water partition coefficient (Wildman–Crippen LogP) is 2.09. The Kier molecular flexibility index (Phi) is 4.81. The van der Waals surface area contributed by atoms with Crippen LogP contribution in [0.2, 0.25) is 0 Å². The number of hydrogen-bond acceptors (Lipinski definition) is 4. The van der Waals surface area contributed by atoms with Gasteiger partial charge >= 0.3 is 0 Å². The molecule has 2 unspecified atom stereocenters. The molecule has 1 N–H and O–H groups in total. The Bertz CT molecular complexity index is 453. The van der Waals surface area contributed by atoms with E-state index in [-0.39, 0.29) is 0 Å². The van der Waals surface area contributed by atoms with E-state index >= 15 is 0 Å². The van der Waals surface area contributed by atoms with Crippen LogP contribution in [0, 0.1) is 5.92 Å². The van der Waals surface area contributed by atoms with Gasteiger partial charge in [0.1, 0.15) is 0 Å². The number of likely N-dealkylation sites (N-methyl/N-ethyl adjacent to an activating group) is 1. The quantitative estimate of drug-likeness (QED) is 0.871. The zero-order valence-corrected chi connectivity index (χ0v) is 12.4. The molecule has 0 aromatic carbocycles. The molecule has 1 aromatic heterocycles. The summed E-state index contributed by atoms with van der Waals surface area (Å²) in [5.41, 5.74) is 1.35.